The fourth-order valence-electron chi connectivity index (χ4n) is 2.05. The Balaban J connectivity index is 2.32. The Morgan fingerprint density at radius 3 is 1.86 bits per heavy atom. The number of rotatable bonds is 6. The summed E-state index contributed by atoms with van der Waals surface area (Å²) in [4.78, 5) is 12.9. The summed E-state index contributed by atoms with van der Waals surface area (Å²) in [6.45, 7) is 0.644. The van der Waals surface area contributed by atoms with E-state index in [1.807, 2.05) is 0 Å². The fraction of sp³-hybridized carbons (Fsp3) is 0.235. The minimum absolute atomic E-state index is 0.0783. The third-order valence-corrected chi connectivity index (χ3v) is 3.07. The predicted molar refractivity (Wildman–Crippen MR) is 81.5 cm³/mol. The molecule has 2 rings (SSSR count). The zero-order valence-corrected chi connectivity index (χ0v) is 12.2. The highest BCUT2D eigenvalue weighted by Gasteiger charge is 2.42. The quantitative estimate of drug-likeness (QED) is 0.755. The summed E-state index contributed by atoms with van der Waals surface area (Å²) in [5.41, 5.74) is 1.16. The molecule has 0 fully saturated rings. The first-order valence-corrected chi connectivity index (χ1v) is 6.97. The van der Waals surface area contributed by atoms with Crippen molar-refractivity contribution in [1.82, 2.24) is 0 Å². The number of hydrogen-bond acceptors (Lipinski definition) is 3. The van der Waals surface area contributed by atoms with Crippen molar-refractivity contribution in [2.75, 3.05) is 18.1 Å². The van der Waals surface area contributed by atoms with Gasteiger partial charge in [0.1, 0.15) is 0 Å². The fourth-order valence-corrected chi connectivity index (χ4v) is 2.05. The van der Waals surface area contributed by atoms with Crippen LogP contribution in [0, 0.1) is 0 Å². The Hall–Kier alpha value is -2.43. The van der Waals surface area contributed by atoms with Crippen molar-refractivity contribution in [1.29, 1.82) is 0 Å². The third kappa shape index (κ3) is 3.81. The lowest BCUT2D eigenvalue weighted by Gasteiger charge is -2.28. The number of esters is 1. The molecule has 22 heavy (non-hydrogen) atoms. The van der Waals surface area contributed by atoms with E-state index in [4.69, 9.17) is 0 Å². The summed E-state index contributed by atoms with van der Waals surface area (Å²) in [5, 5.41) is 0. The minimum Gasteiger partial charge on any atom is -0.462 e. The number of carbonyl (C=O) groups is 1. The zero-order valence-electron chi connectivity index (χ0n) is 12.2. The summed E-state index contributed by atoms with van der Waals surface area (Å²) in [6.07, 6.45) is 0. The molecular formula is C17H17F2NO2. The third-order valence-electron chi connectivity index (χ3n) is 3.07. The molecule has 0 aliphatic carbocycles. The van der Waals surface area contributed by atoms with E-state index in [0.29, 0.717) is 11.4 Å². The average molecular weight is 305 g/mol. The highest BCUT2D eigenvalue weighted by atomic mass is 19.3. The summed E-state index contributed by atoms with van der Waals surface area (Å²) in [6, 6.07) is 17.5. The van der Waals surface area contributed by atoms with Gasteiger partial charge in [-0.15, -0.1) is 0 Å². The molecule has 0 bridgehead atoms. The first-order chi connectivity index (χ1) is 10.5. The van der Waals surface area contributed by atoms with Gasteiger partial charge in [-0.25, -0.2) is 4.79 Å². The number of anilines is 2. The largest absolute Gasteiger partial charge is 0.462 e. The summed E-state index contributed by atoms with van der Waals surface area (Å²) < 4.78 is 32.7. The maximum Gasteiger partial charge on any atom is 0.378 e. The van der Waals surface area contributed by atoms with Crippen molar-refractivity contribution in [3.8, 4) is 0 Å². The molecule has 0 spiro atoms. The second-order valence-corrected chi connectivity index (χ2v) is 4.68. The van der Waals surface area contributed by atoms with Crippen LogP contribution >= 0.6 is 0 Å². The molecule has 0 saturated carbocycles. The normalized spacial score (nSPS) is 11.0. The molecule has 0 amide bonds. The molecule has 5 heteroatoms. The van der Waals surface area contributed by atoms with Crippen LogP contribution in [0.5, 0.6) is 0 Å². The molecule has 116 valence electrons. The van der Waals surface area contributed by atoms with Gasteiger partial charge in [0.25, 0.3) is 0 Å². The summed E-state index contributed by atoms with van der Waals surface area (Å²) in [5.74, 6) is -5.10. The van der Waals surface area contributed by atoms with E-state index in [1.165, 1.54) is 11.8 Å². The molecule has 0 aliphatic heterocycles. The second-order valence-electron chi connectivity index (χ2n) is 4.68. The van der Waals surface area contributed by atoms with Crippen molar-refractivity contribution in [2.45, 2.75) is 12.8 Å². The maximum absolute atomic E-state index is 14.1. The van der Waals surface area contributed by atoms with Gasteiger partial charge in [0.15, 0.2) is 0 Å². The molecule has 0 aliphatic rings. The smallest absolute Gasteiger partial charge is 0.378 e. The number of carbonyl (C=O) groups excluding carboxylic acids is 1. The number of ether oxygens (including phenoxy) is 1. The van der Waals surface area contributed by atoms with Crippen LogP contribution in [0.25, 0.3) is 0 Å². The van der Waals surface area contributed by atoms with Gasteiger partial charge in [-0.3, -0.25) is 0 Å². The van der Waals surface area contributed by atoms with E-state index in [0.717, 1.165) is 0 Å². The van der Waals surface area contributed by atoms with Crippen molar-refractivity contribution in [3.05, 3.63) is 60.7 Å². The van der Waals surface area contributed by atoms with E-state index in [-0.39, 0.29) is 6.61 Å². The first kappa shape index (κ1) is 15.9. The van der Waals surface area contributed by atoms with Gasteiger partial charge in [-0.2, -0.15) is 8.78 Å². The van der Waals surface area contributed by atoms with Crippen LogP contribution < -0.4 is 4.90 Å². The zero-order chi connectivity index (χ0) is 16.0. The van der Waals surface area contributed by atoms with Crippen LogP contribution in [0.15, 0.2) is 60.7 Å². The molecule has 0 radical (unpaired) electrons. The number of nitrogens with zero attached hydrogens (tertiary/aromatic N) is 1. The van der Waals surface area contributed by atoms with E-state index < -0.39 is 18.4 Å². The molecule has 0 aromatic heterocycles. The van der Waals surface area contributed by atoms with E-state index in [2.05, 4.69) is 4.74 Å². The topological polar surface area (TPSA) is 29.5 Å². The van der Waals surface area contributed by atoms with Gasteiger partial charge < -0.3 is 9.64 Å². The molecular weight excluding hydrogens is 288 g/mol. The van der Waals surface area contributed by atoms with Crippen LogP contribution in [0.3, 0.4) is 0 Å². The predicted octanol–water partition coefficient (Wildman–Crippen LogP) is 4.02. The Kier molecular flexibility index (Phi) is 5.09. The molecule has 3 nitrogen and oxygen atoms in total. The number of para-hydroxylation sites is 2. The molecule has 0 N–H and O–H groups in total. The van der Waals surface area contributed by atoms with Gasteiger partial charge in [0.05, 0.1) is 13.2 Å². The number of alkyl halides is 2. The lowest BCUT2D eigenvalue weighted by molar-refractivity contribution is -0.169. The van der Waals surface area contributed by atoms with E-state index in [1.54, 1.807) is 60.7 Å². The van der Waals surface area contributed by atoms with Crippen LogP contribution in [0.2, 0.25) is 0 Å². The number of halogens is 2. The van der Waals surface area contributed by atoms with Gasteiger partial charge in [-0.1, -0.05) is 36.4 Å². The molecule has 2 aromatic carbocycles. The van der Waals surface area contributed by atoms with Crippen LogP contribution in [-0.4, -0.2) is 25.0 Å². The molecule has 0 atom stereocenters. The standard InChI is InChI=1S/C17H17F2NO2/c1-2-22-16(21)17(18,19)13-20(14-9-5-3-6-10-14)15-11-7-4-8-12-15/h3-12H,2,13H2,1H3. The van der Waals surface area contributed by atoms with Gasteiger partial charge in [-0.05, 0) is 31.2 Å². The lowest BCUT2D eigenvalue weighted by Crippen LogP contribution is -2.41. The molecule has 0 unspecified atom stereocenters. The highest BCUT2D eigenvalue weighted by Crippen LogP contribution is 2.29. The first-order valence-electron chi connectivity index (χ1n) is 6.97. The Morgan fingerprint density at radius 2 is 1.45 bits per heavy atom. The maximum atomic E-state index is 14.1. The van der Waals surface area contributed by atoms with Crippen molar-refractivity contribution in [3.63, 3.8) is 0 Å². The second kappa shape index (κ2) is 7.02. The number of hydrogen-bond donors (Lipinski definition) is 0. The summed E-state index contributed by atoms with van der Waals surface area (Å²) >= 11 is 0. The van der Waals surface area contributed by atoms with Gasteiger partial charge in [0, 0.05) is 11.4 Å². The number of benzene rings is 2. The van der Waals surface area contributed by atoms with Crippen LogP contribution in [-0.2, 0) is 9.53 Å². The monoisotopic (exact) mass is 305 g/mol. The van der Waals surface area contributed by atoms with E-state index >= 15 is 0 Å². The molecule has 2 aromatic rings. The molecule has 0 heterocycles. The Morgan fingerprint density at radius 1 is 1.00 bits per heavy atom. The van der Waals surface area contributed by atoms with E-state index in [9.17, 15) is 13.6 Å². The van der Waals surface area contributed by atoms with Gasteiger partial charge in [0.2, 0.25) is 0 Å². The highest BCUT2D eigenvalue weighted by molar-refractivity contribution is 5.79. The Labute approximate surface area is 128 Å². The van der Waals surface area contributed by atoms with Crippen molar-refractivity contribution < 1.29 is 18.3 Å². The lowest BCUT2D eigenvalue weighted by atomic mass is 10.2. The van der Waals surface area contributed by atoms with Crippen LogP contribution in [0.4, 0.5) is 20.2 Å². The average Bonchev–Trinajstić information content (AvgIpc) is 2.54. The summed E-state index contributed by atoms with van der Waals surface area (Å²) in [7, 11) is 0. The Bertz CT molecular complexity index is 563. The van der Waals surface area contributed by atoms with Crippen molar-refractivity contribution in [2.24, 2.45) is 0 Å². The molecule has 0 saturated heterocycles. The van der Waals surface area contributed by atoms with Crippen molar-refractivity contribution >= 4 is 17.3 Å². The van der Waals surface area contributed by atoms with Crippen LogP contribution in [0.1, 0.15) is 6.92 Å². The SMILES string of the molecule is CCOC(=O)C(F)(F)CN(c1ccccc1)c1ccccc1. The minimum atomic E-state index is -3.60. The van der Waals surface area contributed by atoms with Gasteiger partial charge >= 0.3 is 11.9 Å².